The van der Waals surface area contributed by atoms with E-state index in [1.807, 2.05) is 25.1 Å². The predicted molar refractivity (Wildman–Crippen MR) is 130 cm³/mol. The van der Waals surface area contributed by atoms with Gasteiger partial charge in [0.15, 0.2) is 5.11 Å². The molecule has 1 fully saturated rings. The van der Waals surface area contributed by atoms with Gasteiger partial charge in [0.2, 0.25) is 0 Å². The Hall–Kier alpha value is -2.33. The second-order valence-electron chi connectivity index (χ2n) is 7.90. The minimum atomic E-state index is -0.571. The van der Waals surface area contributed by atoms with E-state index >= 15 is 0 Å². The Morgan fingerprint density at radius 3 is 2.72 bits per heavy atom. The third-order valence-electron chi connectivity index (χ3n) is 5.39. The monoisotopic (exact) mass is 474 g/mol. The molecule has 0 aliphatic carbocycles. The number of nitrogens with zero attached hydrogens (tertiary/aromatic N) is 3. The molecule has 1 atom stereocenters. The van der Waals surface area contributed by atoms with Gasteiger partial charge >= 0.3 is 0 Å². The van der Waals surface area contributed by atoms with Crippen LogP contribution >= 0.6 is 23.6 Å². The van der Waals surface area contributed by atoms with Gasteiger partial charge < -0.3 is 20.1 Å². The highest BCUT2D eigenvalue weighted by atomic mass is 32.1. The van der Waals surface area contributed by atoms with Crippen LogP contribution in [0.4, 0.5) is 4.39 Å². The molecule has 4 rings (SSSR count). The van der Waals surface area contributed by atoms with Crippen LogP contribution in [0.25, 0.3) is 10.2 Å². The van der Waals surface area contributed by atoms with Crippen molar-refractivity contribution in [3.63, 3.8) is 0 Å². The van der Waals surface area contributed by atoms with Crippen LogP contribution in [0.2, 0.25) is 0 Å². The smallest absolute Gasteiger partial charge is 0.169 e. The first-order valence-corrected chi connectivity index (χ1v) is 11.9. The van der Waals surface area contributed by atoms with Crippen molar-refractivity contribution in [2.24, 2.45) is 0 Å². The van der Waals surface area contributed by atoms with E-state index in [-0.39, 0.29) is 12.4 Å². The number of benzene rings is 2. The molecule has 0 unspecified atom stereocenters. The maximum Gasteiger partial charge on any atom is 0.169 e. The molecule has 1 aromatic heterocycles. The van der Waals surface area contributed by atoms with Crippen LogP contribution in [0.15, 0.2) is 42.5 Å². The lowest BCUT2D eigenvalue weighted by Gasteiger charge is -2.37. The maximum absolute atomic E-state index is 13.0. The van der Waals surface area contributed by atoms with Crippen LogP contribution in [0.5, 0.6) is 5.75 Å². The van der Waals surface area contributed by atoms with Crippen LogP contribution in [-0.4, -0.2) is 70.4 Å². The molecule has 170 valence electrons. The summed E-state index contributed by atoms with van der Waals surface area (Å²) in [7, 11) is 0. The van der Waals surface area contributed by atoms with Crippen LogP contribution in [0.3, 0.4) is 0 Å². The Kier molecular flexibility index (Phi) is 7.51. The first-order chi connectivity index (χ1) is 15.5. The molecule has 2 aromatic carbocycles. The summed E-state index contributed by atoms with van der Waals surface area (Å²) in [4.78, 5) is 8.83. The number of rotatable bonds is 7. The lowest BCUT2D eigenvalue weighted by Crippen LogP contribution is -2.53. The van der Waals surface area contributed by atoms with Crippen molar-refractivity contribution in [3.8, 4) is 5.75 Å². The molecule has 1 saturated heterocycles. The average molecular weight is 475 g/mol. The Morgan fingerprint density at radius 1 is 1.22 bits per heavy atom. The second kappa shape index (κ2) is 10.5. The number of aromatic nitrogens is 1. The Morgan fingerprint density at radius 2 is 1.97 bits per heavy atom. The van der Waals surface area contributed by atoms with Gasteiger partial charge in [0.05, 0.1) is 15.2 Å². The summed E-state index contributed by atoms with van der Waals surface area (Å²) in [6.45, 7) is 6.59. The van der Waals surface area contributed by atoms with Gasteiger partial charge in [-0.25, -0.2) is 9.37 Å². The van der Waals surface area contributed by atoms with Crippen LogP contribution in [-0.2, 0) is 6.54 Å². The van der Waals surface area contributed by atoms with Gasteiger partial charge in [-0.3, -0.25) is 4.90 Å². The number of halogens is 1. The minimum Gasteiger partial charge on any atom is -0.491 e. The number of hydrogen-bond acceptors (Lipinski definition) is 6. The summed E-state index contributed by atoms with van der Waals surface area (Å²) in [6, 6.07) is 12.3. The topological polar surface area (TPSA) is 60.9 Å². The summed E-state index contributed by atoms with van der Waals surface area (Å²) < 4.78 is 19.9. The molecule has 3 aromatic rings. The summed E-state index contributed by atoms with van der Waals surface area (Å²) in [6.07, 6.45) is -0.571. The number of ether oxygens (including phenoxy) is 1. The molecule has 0 spiro atoms. The summed E-state index contributed by atoms with van der Waals surface area (Å²) in [5.41, 5.74) is 1.92. The van der Waals surface area contributed by atoms with E-state index in [1.165, 1.54) is 12.1 Å². The van der Waals surface area contributed by atoms with E-state index in [0.717, 1.165) is 52.7 Å². The number of thiazole rings is 1. The first-order valence-electron chi connectivity index (χ1n) is 10.6. The number of thiocarbonyl (C=S) groups is 1. The minimum absolute atomic E-state index is 0.240. The molecule has 0 radical (unpaired) electrons. The van der Waals surface area contributed by atoms with Gasteiger partial charge in [-0.1, -0.05) is 12.1 Å². The first kappa shape index (κ1) is 22.8. The zero-order valence-corrected chi connectivity index (χ0v) is 19.6. The molecule has 6 nitrogen and oxygen atoms in total. The fraction of sp³-hybridized carbons (Fsp3) is 0.391. The summed E-state index contributed by atoms with van der Waals surface area (Å²) >= 11 is 7.16. The number of nitrogens with one attached hydrogen (secondary N) is 1. The van der Waals surface area contributed by atoms with Gasteiger partial charge in [-0.15, -0.1) is 11.3 Å². The van der Waals surface area contributed by atoms with Crippen molar-refractivity contribution in [2.75, 3.05) is 39.3 Å². The summed E-state index contributed by atoms with van der Waals surface area (Å²) in [5, 5.41) is 15.4. The van der Waals surface area contributed by atoms with Crippen molar-refractivity contribution in [2.45, 2.75) is 19.6 Å². The number of hydrogen-bond donors (Lipinski definition) is 2. The van der Waals surface area contributed by atoms with Gasteiger partial charge in [-0.2, -0.15) is 0 Å². The molecule has 2 heterocycles. The number of aliphatic hydroxyl groups is 1. The van der Waals surface area contributed by atoms with E-state index in [4.69, 9.17) is 17.0 Å². The number of aliphatic hydroxyl groups excluding tert-OH is 1. The van der Waals surface area contributed by atoms with Gasteiger partial charge in [0.25, 0.3) is 0 Å². The lowest BCUT2D eigenvalue weighted by atomic mass is 10.2. The zero-order chi connectivity index (χ0) is 22.5. The third kappa shape index (κ3) is 6.13. The molecule has 1 aliphatic rings. The lowest BCUT2D eigenvalue weighted by molar-refractivity contribution is 0.0555. The highest BCUT2D eigenvalue weighted by molar-refractivity contribution is 7.80. The van der Waals surface area contributed by atoms with E-state index in [2.05, 4.69) is 20.1 Å². The van der Waals surface area contributed by atoms with Crippen molar-refractivity contribution in [3.05, 3.63) is 58.9 Å². The van der Waals surface area contributed by atoms with Crippen molar-refractivity contribution < 1.29 is 14.2 Å². The Balaban J connectivity index is 1.16. The normalized spacial score (nSPS) is 15.7. The number of piperazine rings is 1. The standard InChI is InChI=1S/C23H27FN4O2S2/c1-16-26-21-12-20(6-7-22(21)32-16)30-15-19(29)14-27-8-10-28(11-9-27)23(31)25-13-17-2-4-18(24)5-3-17/h2-7,12,19,29H,8-11,13-15H2,1H3,(H,25,31)/t19-/m1/s1. The van der Waals surface area contributed by atoms with Gasteiger partial charge in [-0.05, 0) is 49.0 Å². The van der Waals surface area contributed by atoms with Crippen molar-refractivity contribution in [1.82, 2.24) is 20.1 Å². The Bertz CT molecular complexity index is 1050. The molecule has 2 N–H and O–H groups in total. The maximum atomic E-state index is 13.0. The molecule has 1 aliphatic heterocycles. The molecular formula is C23H27FN4O2S2. The highest BCUT2D eigenvalue weighted by Gasteiger charge is 2.21. The molecule has 0 amide bonds. The van der Waals surface area contributed by atoms with E-state index in [9.17, 15) is 9.50 Å². The molecule has 32 heavy (non-hydrogen) atoms. The molecule has 0 bridgehead atoms. The number of fused-ring (bicyclic) bond motifs is 1. The quantitative estimate of drug-likeness (QED) is 0.510. The number of aryl methyl sites for hydroxylation is 1. The van der Waals surface area contributed by atoms with Gasteiger partial charge in [0, 0.05) is 45.3 Å². The van der Waals surface area contributed by atoms with E-state index in [0.29, 0.717) is 18.2 Å². The van der Waals surface area contributed by atoms with Crippen LogP contribution < -0.4 is 10.1 Å². The molecule has 9 heteroatoms. The van der Waals surface area contributed by atoms with Crippen molar-refractivity contribution >= 4 is 38.9 Å². The average Bonchev–Trinajstić information content (AvgIpc) is 3.17. The molecular weight excluding hydrogens is 447 g/mol. The highest BCUT2D eigenvalue weighted by Crippen LogP contribution is 2.25. The van der Waals surface area contributed by atoms with Crippen molar-refractivity contribution in [1.29, 1.82) is 0 Å². The SMILES string of the molecule is Cc1nc2cc(OC[C@H](O)CN3CCN(C(=S)NCc4ccc(F)cc4)CC3)ccc2s1. The fourth-order valence-corrected chi connectivity index (χ4v) is 4.74. The summed E-state index contributed by atoms with van der Waals surface area (Å²) in [5.74, 6) is 0.486. The third-order valence-corrected chi connectivity index (χ3v) is 6.75. The predicted octanol–water partition coefficient (Wildman–Crippen LogP) is 3.18. The van der Waals surface area contributed by atoms with E-state index in [1.54, 1.807) is 23.5 Å². The molecule has 0 saturated carbocycles. The van der Waals surface area contributed by atoms with E-state index < -0.39 is 6.10 Å². The number of β-amino-alcohol motifs (C(OH)–C–C–N with tert-alkyl or cyclic N) is 1. The zero-order valence-electron chi connectivity index (χ0n) is 18.0. The largest absolute Gasteiger partial charge is 0.491 e. The second-order valence-corrected chi connectivity index (χ2v) is 9.52. The van der Waals surface area contributed by atoms with Gasteiger partial charge in [0.1, 0.15) is 24.3 Å². The Labute approximate surface area is 196 Å². The van der Waals surface area contributed by atoms with Crippen LogP contribution in [0, 0.1) is 12.7 Å². The van der Waals surface area contributed by atoms with Crippen LogP contribution in [0.1, 0.15) is 10.6 Å². The fourth-order valence-electron chi connectivity index (χ4n) is 3.68.